The summed E-state index contributed by atoms with van der Waals surface area (Å²) < 4.78 is 5.41. The summed E-state index contributed by atoms with van der Waals surface area (Å²) in [6.45, 7) is 5.54. The lowest BCUT2D eigenvalue weighted by atomic mass is 9.52. The molecular formula is C22H32N4O3. The van der Waals surface area contributed by atoms with Crippen LogP contribution >= 0.6 is 0 Å². The second kappa shape index (κ2) is 7.20. The Morgan fingerprint density at radius 3 is 2.66 bits per heavy atom. The highest BCUT2D eigenvalue weighted by Gasteiger charge is 2.55. The fourth-order valence-corrected chi connectivity index (χ4v) is 6.36. The summed E-state index contributed by atoms with van der Waals surface area (Å²) in [6.07, 6.45) is 7.47. The van der Waals surface area contributed by atoms with E-state index in [0.717, 1.165) is 50.8 Å². The molecule has 0 aromatic carbocycles. The molecule has 3 atom stereocenters. The quantitative estimate of drug-likeness (QED) is 0.703. The molecule has 2 heterocycles. The highest BCUT2D eigenvalue weighted by Crippen LogP contribution is 2.55. The van der Waals surface area contributed by atoms with Gasteiger partial charge in [0, 0.05) is 18.8 Å². The molecule has 2 unspecified atom stereocenters. The van der Waals surface area contributed by atoms with Crippen molar-refractivity contribution in [1.82, 2.24) is 15.3 Å². The molecule has 7 heteroatoms. The zero-order valence-electron chi connectivity index (χ0n) is 17.4. The molecule has 1 aromatic rings. The molecule has 1 aliphatic heterocycles. The fraction of sp³-hybridized carbons (Fsp3) is 0.773. The summed E-state index contributed by atoms with van der Waals surface area (Å²) in [5.41, 5.74) is 0.864. The molecule has 4 saturated carbocycles. The maximum absolute atomic E-state index is 13.2. The third kappa shape index (κ3) is 3.63. The predicted octanol–water partition coefficient (Wildman–Crippen LogP) is 2.47. The van der Waals surface area contributed by atoms with E-state index in [4.69, 9.17) is 4.74 Å². The largest absolute Gasteiger partial charge is 0.390 e. The average molecular weight is 401 g/mol. The second-order valence-electron chi connectivity index (χ2n) is 10.0. The van der Waals surface area contributed by atoms with Crippen LogP contribution in [-0.2, 0) is 4.74 Å². The van der Waals surface area contributed by atoms with Gasteiger partial charge in [-0.1, -0.05) is 13.8 Å². The first-order valence-electron chi connectivity index (χ1n) is 11.1. The van der Waals surface area contributed by atoms with Gasteiger partial charge in [0.1, 0.15) is 0 Å². The lowest BCUT2D eigenvalue weighted by molar-refractivity contribution is -0.136. The summed E-state index contributed by atoms with van der Waals surface area (Å²) in [5.74, 6) is 2.03. The molecule has 5 fully saturated rings. The smallest absolute Gasteiger partial charge is 0.254 e. The number of amides is 1. The third-order valence-corrected chi connectivity index (χ3v) is 7.41. The Labute approximate surface area is 172 Å². The highest BCUT2D eigenvalue weighted by atomic mass is 16.5. The van der Waals surface area contributed by atoms with E-state index in [1.165, 1.54) is 0 Å². The van der Waals surface area contributed by atoms with Crippen LogP contribution in [0.3, 0.4) is 0 Å². The first-order valence-corrected chi connectivity index (χ1v) is 11.1. The maximum atomic E-state index is 13.2. The normalized spacial score (nSPS) is 37.9. The second-order valence-corrected chi connectivity index (χ2v) is 10.0. The Hall–Kier alpha value is -1.73. The molecular weight excluding hydrogens is 368 g/mol. The molecule has 4 bridgehead atoms. The Morgan fingerprint density at radius 1 is 1.28 bits per heavy atom. The first-order chi connectivity index (χ1) is 13.9. The van der Waals surface area contributed by atoms with E-state index in [2.05, 4.69) is 34.4 Å². The molecule has 29 heavy (non-hydrogen) atoms. The molecule has 1 saturated heterocycles. The van der Waals surface area contributed by atoms with E-state index >= 15 is 0 Å². The lowest BCUT2D eigenvalue weighted by Crippen LogP contribution is -2.61. The number of hydrogen-bond donors (Lipinski definition) is 3. The van der Waals surface area contributed by atoms with Crippen LogP contribution < -0.4 is 10.6 Å². The molecule has 4 aliphatic carbocycles. The van der Waals surface area contributed by atoms with Crippen molar-refractivity contribution in [2.45, 2.75) is 76.0 Å². The summed E-state index contributed by atoms with van der Waals surface area (Å²) in [4.78, 5) is 22.3. The minimum Gasteiger partial charge on any atom is -0.390 e. The van der Waals surface area contributed by atoms with Crippen LogP contribution in [0.5, 0.6) is 0 Å². The van der Waals surface area contributed by atoms with Crippen molar-refractivity contribution in [3.63, 3.8) is 0 Å². The Morgan fingerprint density at radius 2 is 2.03 bits per heavy atom. The molecule has 0 radical (unpaired) electrons. The summed E-state index contributed by atoms with van der Waals surface area (Å²) >= 11 is 0. The van der Waals surface area contributed by atoms with Gasteiger partial charge in [0.25, 0.3) is 5.91 Å². The Kier molecular flexibility index (Phi) is 4.78. The Balaban J connectivity index is 1.33. The van der Waals surface area contributed by atoms with E-state index in [-0.39, 0.29) is 23.9 Å². The van der Waals surface area contributed by atoms with Gasteiger partial charge in [0.2, 0.25) is 5.95 Å². The zero-order valence-corrected chi connectivity index (χ0v) is 17.4. The van der Waals surface area contributed by atoms with Crippen LogP contribution in [0.4, 0.5) is 5.95 Å². The van der Waals surface area contributed by atoms with E-state index in [0.29, 0.717) is 35.9 Å². The molecule has 5 aliphatic rings. The SMILES string of the molecule is CC(C)c1nc(N[C@H]2CCOC2)ncc1C(=O)N[C@H]1C2CC3CC1C[C@@](O)(C3)C2. The van der Waals surface area contributed by atoms with Gasteiger partial charge in [-0.05, 0) is 62.2 Å². The monoisotopic (exact) mass is 400 g/mol. The number of hydrogen-bond acceptors (Lipinski definition) is 6. The van der Waals surface area contributed by atoms with Gasteiger partial charge in [0.15, 0.2) is 0 Å². The van der Waals surface area contributed by atoms with E-state index in [1.54, 1.807) is 6.20 Å². The number of aromatic nitrogens is 2. The number of ether oxygens (including phenoxy) is 1. The molecule has 1 amide bonds. The minimum absolute atomic E-state index is 0.0751. The summed E-state index contributed by atoms with van der Waals surface area (Å²) in [5, 5.41) is 17.4. The molecule has 0 spiro atoms. The van der Waals surface area contributed by atoms with E-state index < -0.39 is 5.60 Å². The van der Waals surface area contributed by atoms with E-state index in [1.807, 2.05) is 0 Å². The molecule has 7 nitrogen and oxygen atoms in total. The molecule has 6 rings (SSSR count). The van der Waals surface area contributed by atoms with Crippen LogP contribution in [0.25, 0.3) is 0 Å². The fourth-order valence-electron chi connectivity index (χ4n) is 6.36. The van der Waals surface area contributed by atoms with E-state index in [9.17, 15) is 9.90 Å². The lowest BCUT2D eigenvalue weighted by Gasteiger charge is -2.58. The number of rotatable bonds is 5. The zero-order chi connectivity index (χ0) is 20.2. The van der Waals surface area contributed by atoms with Gasteiger partial charge in [0.05, 0.1) is 29.5 Å². The van der Waals surface area contributed by atoms with Crippen molar-refractivity contribution in [3.8, 4) is 0 Å². The first kappa shape index (κ1) is 19.2. The average Bonchev–Trinajstić information content (AvgIpc) is 3.16. The van der Waals surface area contributed by atoms with Crippen LogP contribution in [0.2, 0.25) is 0 Å². The molecule has 158 valence electrons. The van der Waals surface area contributed by atoms with Crippen molar-refractivity contribution in [2.75, 3.05) is 18.5 Å². The molecule has 1 aromatic heterocycles. The van der Waals surface area contributed by atoms with Gasteiger partial charge in [-0.3, -0.25) is 4.79 Å². The van der Waals surface area contributed by atoms with Crippen molar-refractivity contribution in [2.24, 2.45) is 17.8 Å². The van der Waals surface area contributed by atoms with Gasteiger partial charge in [-0.15, -0.1) is 0 Å². The van der Waals surface area contributed by atoms with Gasteiger partial charge in [-0.25, -0.2) is 9.97 Å². The summed E-state index contributed by atoms with van der Waals surface area (Å²) in [7, 11) is 0. The van der Waals surface area contributed by atoms with Gasteiger partial charge >= 0.3 is 0 Å². The van der Waals surface area contributed by atoms with Crippen molar-refractivity contribution in [1.29, 1.82) is 0 Å². The van der Waals surface area contributed by atoms with Gasteiger partial charge in [-0.2, -0.15) is 0 Å². The number of nitrogens with zero attached hydrogens (tertiary/aromatic N) is 2. The predicted molar refractivity (Wildman–Crippen MR) is 109 cm³/mol. The van der Waals surface area contributed by atoms with Crippen LogP contribution in [-0.4, -0.2) is 51.9 Å². The number of carbonyl (C=O) groups is 1. The number of nitrogens with one attached hydrogen (secondary N) is 2. The van der Waals surface area contributed by atoms with Crippen molar-refractivity contribution >= 4 is 11.9 Å². The van der Waals surface area contributed by atoms with Crippen molar-refractivity contribution < 1.29 is 14.6 Å². The highest BCUT2D eigenvalue weighted by molar-refractivity contribution is 5.95. The Bertz CT molecular complexity index is 776. The summed E-state index contributed by atoms with van der Waals surface area (Å²) in [6, 6.07) is 0.390. The van der Waals surface area contributed by atoms with Crippen LogP contribution in [0, 0.1) is 17.8 Å². The number of anilines is 1. The van der Waals surface area contributed by atoms with Gasteiger partial charge < -0.3 is 20.5 Å². The third-order valence-electron chi connectivity index (χ3n) is 7.41. The topological polar surface area (TPSA) is 96.4 Å². The minimum atomic E-state index is -0.485. The number of carbonyl (C=O) groups excluding carboxylic acids is 1. The number of aliphatic hydroxyl groups is 1. The standard InChI is InChI=1S/C22H32N4O3/c1-12(2)18-17(10-23-21(26-18)24-16-3-4-29-11-16)20(27)25-19-14-5-13-6-15(19)9-22(28,7-13)8-14/h10,12-16,19,28H,3-9,11H2,1-2H3,(H,25,27)(H,23,24,26)/t13?,14?,15?,16-,19-,22+/m0/s1. The van der Waals surface area contributed by atoms with Crippen molar-refractivity contribution in [3.05, 3.63) is 17.5 Å². The maximum Gasteiger partial charge on any atom is 0.254 e. The molecule has 3 N–H and O–H groups in total. The van der Waals surface area contributed by atoms with Crippen LogP contribution in [0.15, 0.2) is 6.20 Å². The van der Waals surface area contributed by atoms with Crippen LogP contribution in [0.1, 0.15) is 74.3 Å².